The van der Waals surface area contributed by atoms with Gasteiger partial charge in [-0.2, -0.15) is 4.40 Å². The first-order valence-corrected chi connectivity index (χ1v) is 11.4. The molecular weight excluding hydrogens is 386 g/mol. The van der Waals surface area contributed by atoms with Gasteiger partial charge in [0, 0.05) is 37.1 Å². The molecule has 1 fully saturated rings. The molecule has 0 heterocycles. The molecule has 1 aliphatic carbocycles. The smallest absolute Gasteiger partial charge is 0.197 e. The molecule has 26 heavy (non-hydrogen) atoms. The highest BCUT2D eigenvalue weighted by molar-refractivity contribution is 8.29. The van der Waals surface area contributed by atoms with Crippen LogP contribution >= 0.6 is 35.5 Å². The highest BCUT2D eigenvalue weighted by atomic mass is 32.2. The molecule has 0 saturated heterocycles. The normalized spacial score (nSPS) is 15.9. The van der Waals surface area contributed by atoms with Crippen LogP contribution in [0.15, 0.2) is 39.6 Å². The van der Waals surface area contributed by atoms with Crippen molar-refractivity contribution in [2.24, 2.45) is 4.40 Å². The van der Waals surface area contributed by atoms with E-state index in [1.165, 1.54) is 68.6 Å². The third kappa shape index (κ3) is 8.64. The zero-order chi connectivity index (χ0) is 18.8. The number of benzene rings is 1. The van der Waals surface area contributed by atoms with Crippen LogP contribution in [0, 0.1) is 0 Å². The van der Waals surface area contributed by atoms with Crippen molar-refractivity contribution in [1.29, 1.82) is 0 Å². The van der Waals surface area contributed by atoms with Gasteiger partial charge in [0.1, 0.15) is 6.10 Å². The largest absolute Gasteiger partial charge is 0.477 e. The number of hydrogen-bond acceptors (Lipinski definition) is 7. The van der Waals surface area contributed by atoms with E-state index in [1.807, 2.05) is 30.3 Å². The average Bonchev–Trinajstić information content (AvgIpc) is 2.60. The van der Waals surface area contributed by atoms with E-state index in [0.29, 0.717) is 12.3 Å². The second-order valence-electron chi connectivity index (χ2n) is 6.12. The Labute approximate surface area is 168 Å². The highest BCUT2D eigenvalue weighted by Crippen LogP contribution is 2.31. The van der Waals surface area contributed by atoms with E-state index in [9.17, 15) is 9.59 Å². The zero-order valence-electron chi connectivity index (χ0n) is 15.2. The first-order chi connectivity index (χ1) is 12.5. The summed E-state index contributed by atoms with van der Waals surface area (Å²) in [5.41, 5.74) is 0. The van der Waals surface area contributed by atoms with Crippen molar-refractivity contribution in [1.82, 2.24) is 0 Å². The minimum absolute atomic E-state index is 0.00326. The lowest BCUT2D eigenvalue weighted by Crippen LogP contribution is -2.23. The SMILES string of the molecule is CC(=O)SC(C/C(=N/Sc1ccccc1)OC1CCCCC1)SC(C)=O. The lowest BCUT2D eigenvalue weighted by atomic mass is 9.98. The van der Waals surface area contributed by atoms with Crippen molar-refractivity contribution in [2.75, 3.05) is 0 Å². The minimum Gasteiger partial charge on any atom is -0.477 e. The molecule has 1 aliphatic rings. The van der Waals surface area contributed by atoms with Crippen LogP contribution in [0.2, 0.25) is 0 Å². The van der Waals surface area contributed by atoms with Crippen LogP contribution in [0.4, 0.5) is 0 Å². The number of carbonyl (C=O) groups is 2. The number of thioether (sulfide) groups is 2. The fourth-order valence-electron chi connectivity index (χ4n) is 2.69. The Kier molecular flexibility index (Phi) is 9.64. The molecule has 4 nitrogen and oxygen atoms in total. The molecule has 0 aromatic heterocycles. The van der Waals surface area contributed by atoms with Crippen molar-refractivity contribution in [2.45, 2.75) is 68.0 Å². The third-order valence-electron chi connectivity index (χ3n) is 3.79. The number of hydrogen-bond donors (Lipinski definition) is 0. The molecule has 142 valence electrons. The summed E-state index contributed by atoms with van der Waals surface area (Å²) < 4.78 is 10.6. The molecule has 0 amide bonds. The molecule has 1 saturated carbocycles. The molecule has 0 radical (unpaired) electrons. The number of ether oxygens (including phenoxy) is 1. The van der Waals surface area contributed by atoms with E-state index in [1.54, 1.807) is 0 Å². The second kappa shape index (κ2) is 11.7. The van der Waals surface area contributed by atoms with Crippen molar-refractivity contribution in [3.05, 3.63) is 30.3 Å². The van der Waals surface area contributed by atoms with E-state index in [0.717, 1.165) is 17.7 Å². The lowest BCUT2D eigenvalue weighted by Gasteiger charge is -2.24. The molecule has 0 aliphatic heterocycles. The van der Waals surface area contributed by atoms with E-state index in [-0.39, 0.29) is 20.9 Å². The fraction of sp³-hybridized carbons (Fsp3) is 0.526. The monoisotopic (exact) mass is 411 g/mol. The summed E-state index contributed by atoms with van der Waals surface area (Å²) in [6.07, 6.45) is 6.34. The summed E-state index contributed by atoms with van der Waals surface area (Å²) in [5.74, 6) is 0.623. The Hall–Kier alpha value is -0.920. The first-order valence-electron chi connectivity index (χ1n) is 8.83. The Morgan fingerprint density at radius 1 is 1.08 bits per heavy atom. The van der Waals surface area contributed by atoms with E-state index < -0.39 is 0 Å². The van der Waals surface area contributed by atoms with Gasteiger partial charge in [-0.25, -0.2) is 0 Å². The predicted octanol–water partition coefficient (Wildman–Crippen LogP) is 5.72. The van der Waals surface area contributed by atoms with Gasteiger partial charge in [-0.1, -0.05) is 48.1 Å². The lowest BCUT2D eigenvalue weighted by molar-refractivity contribution is -0.109. The van der Waals surface area contributed by atoms with Gasteiger partial charge in [-0.15, -0.1) is 0 Å². The maximum absolute atomic E-state index is 11.5. The van der Waals surface area contributed by atoms with Crippen molar-refractivity contribution in [3.63, 3.8) is 0 Å². The molecule has 0 spiro atoms. The maximum Gasteiger partial charge on any atom is 0.197 e. The zero-order valence-corrected chi connectivity index (χ0v) is 17.6. The standard InChI is InChI=1S/C19H25NO3S3/c1-14(21)24-19(25-15(2)22)13-18(23-16-9-5-3-6-10-16)20-26-17-11-7-4-8-12-17/h4,7-8,11-12,16,19H,3,5-6,9-10,13H2,1-2H3/b20-18-. The average molecular weight is 412 g/mol. The van der Waals surface area contributed by atoms with E-state index >= 15 is 0 Å². The predicted molar refractivity (Wildman–Crippen MR) is 113 cm³/mol. The maximum atomic E-state index is 11.5. The Morgan fingerprint density at radius 3 is 2.27 bits per heavy atom. The quantitative estimate of drug-likeness (QED) is 0.248. The van der Waals surface area contributed by atoms with Crippen molar-refractivity contribution in [3.8, 4) is 0 Å². The van der Waals surface area contributed by atoms with Gasteiger partial charge in [-0.3, -0.25) is 9.59 Å². The van der Waals surface area contributed by atoms with Gasteiger partial charge >= 0.3 is 0 Å². The second-order valence-corrected chi connectivity index (χ2v) is 10.0. The summed E-state index contributed by atoms with van der Waals surface area (Å²) in [6, 6.07) is 9.91. The van der Waals surface area contributed by atoms with Gasteiger partial charge in [0.2, 0.25) is 0 Å². The first kappa shape index (κ1) is 21.4. The topological polar surface area (TPSA) is 55.7 Å². The molecule has 0 N–H and O–H groups in total. The molecule has 1 aromatic rings. The molecular formula is C19H25NO3S3. The number of rotatable bonds is 7. The van der Waals surface area contributed by atoms with E-state index in [4.69, 9.17) is 4.74 Å². The minimum atomic E-state index is -0.205. The molecule has 2 rings (SSSR count). The number of nitrogens with zero attached hydrogens (tertiary/aromatic N) is 1. The van der Waals surface area contributed by atoms with Crippen LogP contribution in [0.25, 0.3) is 0 Å². The number of carbonyl (C=O) groups excluding carboxylic acids is 2. The van der Waals surface area contributed by atoms with Crippen molar-refractivity contribution < 1.29 is 14.3 Å². The highest BCUT2D eigenvalue weighted by Gasteiger charge is 2.22. The summed E-state index contributed by atoms with van der Waals surface area (Å²) in [5, 5.41) is -0.00652. The third-order valence-corrected chi connectivity index (χ3v) is 6.67. The van der Waals surface area contributed by atoms with Crippen LogP contribution in [0.5, 0.6) is 0 Å². The van der Waals surface area contributed by atoms with Crippen LogP contribution in [0.3, 0.4) is 0 Å². The Bertz CT molecular complexity index is 600. The summed E-state index contributed by atoms with van der Waals surface area (Å²) >= 11 is 3.72. The van der Waals surface area contributed by atoms with Gasteiger partial charge in [0.25, 0.3) is 0 Å². The molecule has 0 atom stereocenters. The Morgan fingerprint density at radius 2 is 1.69 bits per heavy atom. The molecule has 1 aromatic carbocycles. The van der Waals surface area contributed by atoms with Crippen LogP contribution in [0.1, 0.15) is 52.4 Å². The van der Waals surface area contributed by atoms with Gasteiger partial charge in [-0.05, 0) is 37.8 Å². The molecule has 0 bridgehead atoms. The summed E-state index contributed by atoms with van der Waals surface area (Å²) in [6.45, 7) is 3.05. The summed E-state index contributed by atoms with van der Waals surface area (Å²) in [4.78, 5) is 24.1. The van der Waals surface area contributed by atoms with Crippen LogP contribution < -0.4 is 0 Å². The van der Waals surface area contributed by atoms with Crippen molar-refractivity contribution >= 4 is 51.6 Å². The van der Waals surface area contributed by atoms with Crippen LogP contribution in [-0.2, 0) is 14.3 Å². The van der Waals surface area contributed by atoms with Gasteiger partial charge < -0.3 is 4.74 Å². The molecule has 0 unspecified atom stereocenters. The fourth-order valence-corrected chi connectivity index (χ4v) is 5.49. The van der Waals surface area contributed by atoms with Crippen LogP contribution in [-0.4, -0.2) is 26.8 Å². The molecule has 7 heteroatoms. The van der Waals surface area contributed by atoms with Gasteiger partial charge in [0.15, 0.2) is 16.1 Å². The van der Waals surface area contributed by atoms with Gasteiger partial charge in [0.05, 0.1) is 4.58 Å². The Balaban J connectivity index is 2.08. The summed E-state index contributed by atoms with van der Waals surface area (Å²) in [7, 11) is 0. The van der Waals surface area contributed by atoms with E-state index in [2.05, 4.69) is 4.40 Å².